The topological polar surface area (TPSA) is 86.1 Å². The summed E-state index contributed by atoms with van der Waals surface area (Å²) in [4.78, 5) is 36.9. The van der Waals surface area contributed by atoms with Crippen LogP contribution >= 0.6 is 0 Å². The summed E-state index contributed by atoms with van der Waals surface area (Å²) in [6.45, 7) is -0.395. The molecule has 1 aromatic carbocycles. The molecule has 0 spiro atoms. The summed E-state index contributed by atoms with van der Waals surface area (Å²) in [5.74, 6) is 0.149. The lowest BCUT2D eigenvalue weighted by atomic mass is 10.0. The van der Waals surface area contributed by atoms with E-state index in [1.807, 2.05) is 0 Å². The fraction of sp³-hybridized carbons (Fsp3) is 0.318. The van der Waals surface area contributed by atoms with E-state index in [9.17, 15) is 14.4 Å². The summed E-state index contributed by atoms with van der Waals surface area (Å²) >= 11 is 0. The van der Waals surface area contributed by atoms with Crippen LogP contribution in [0.4, 0.5) is 0 Å². The van der Waals surface area contributed by atoms with E-state index in [1.54, 1.807) is 47.6 Å². The van der Waals surface area contributed by atoms with Gasteiger partial charge in [0.25, 0.3) is 5.91 Å². The summed E-state index contributed by atoms with van der Waals surface area (Å²) < 4.78 is 15.8. The minimum Gasteiger partial charge on any atom is -0.482 e. The molecule has 0 radical (unpaired) electrons. The number of carbonyl (C=O) groups is 3. The average Bonchev–Trinajstić information content (AvgIpc) is 3.28. The molecule has 3 rings (SSSR count). The van der Waals surface area contributed by atoms with E-state index in [-0.39, 0.29) is 19.1 Å². The number of aldehydes is 1. The molecule has 152 valence electrons. The quantitative estimate of drug-likeness (QED) is 0.475. The van der Waals surface area contributed by atoms with Crippen LogP contribution in [0.25, 0.3) is 0 Å². The van der Waals surface area contributed by atoms with Gasteiger partial charge in [-0.1, -0.05) is 6.08 Å². The minimum atomic E-state index is -0.645. The number of furan rings is 1. The minimum absolute atomic E-state index is 0.300. The Morgan fingerprint density at radius 2 is 1.93 bits per heavy atom. The smallest absolute Gasteiger partial charge is 0.344 e. The molecule has 0 aliphatic heterocycles. The average molecular weight is 397 g/mol. The van der Waals surface area contributed by atoms with Crippen molar-refractivity contribution in [2.24, 2.45) is 0 Å². The van der Waals surface area contributed by atoms with E-state index in [0.717, 1.165) is 37.7 Å². The maximum atomic E-state index is 12.7. The van der Waals surface area contributed by atoms with Crippen molar-refractivity contribution in [3.05, 3.63) is 65.8 Å². The predicted octanol–water partition coefficient (Wildman–Crippen LogP) is 3.50. The summed E-state index contributed by atoms with van der Waals surface area (Å²) in [5, 5.41) is 0. The standard InChI is InChI=1S/C22H23NO6/c24-14-17-8-10-19(11-9-17)28-16-22(26)29-15-21(25)23(13-20-7-4-12-27-20)18-5-2-1-3-6-18/h4-5,7-12,14H,1-3,6,13,15-16H2. The van der Waals surface area contributed by atoms with Gasteiger partial charge in [0, 0.05) is 11.3 Å². The summed E-state index contributed by atoms with van der Waals surface area (Å²) in [6, 6.07) is 9.92. The number of hydrogen-bond donors (Lipinski definition) is 0. The second kappa shape index (κ2) is 10.3. The molecule has 0 fully saturated rings. The predicted molar refractivity (Wildman–Crippen MR) is 104 cm³/mol. The lowest BCUT2D eigenvalue weighted by molar-refractivity contribution is -0.153. The van der Waals surface area contributed by atoms with Crippen molar-refractivity contribution in [1.29, 1.82) is 0 Å². The first kappa shape index (κ1) is 20.4. The van der Waals surface area contributed by atoms with E-state index in [0.29, 0.717) is 23.6 Å². The van der Waals surface area contributed by atoms with Gasteiger partial charge in [-0.3, -0.25) is 9.59 Å². The molecule has 0 N–H and O–H groups in total. The number of hydrogen-bond acceptors (Lipinski definition) is 6. The van der Waals surface area contributed by atoms with Gasteiger partial charge in [0.15, 0.2) is 13.2 Å². The first-order valence-corrected chi connectivity index (χ1v) is 9.51. The van der Waals surface area contributed by atoms with Crippen LogP contribution < -0.4 is 4.74 Å². The number of allylic oxidation sites excluding steroid dienone is 2. The van der Waals surface area contributed by atoms with Gasteiger partial charge in [0.05, 0.1) is 12.8 Å². The molecule has 1 aromatic heterocycles. The molecule has 1 amide bonds. The first-order chi connectivity index (χ1) is 14.2. The Balaban J connectivity index is 1.52. The van der Waals surface area contributed by atoms with Gasteiger partial charge in [-0.05, 0) is 62.1 Å². The van der Waals surface area contributed by atoms with E-state index in [2.05, 4.69) is 6.08 Å². The Bertz CT molecular complexity index is 854. The van der Waals surface area contributed by atoms with Gasteiger partial charge in [-0.2, -0.15) is 0 Å². The molecule has 29 heavy (non-hydrogen) atoms. The van der Waals surface area contributed by atoms with Crippen LogP contribution in [0.15, 0.2) is 58.9 Å². The molecule has 1 aliphatic rings. The second-order valence-electron chi connectivity index (χ2n) is 6.64. The summed E-state index contributed by atoms with van der Waals surface area (Å²) in [7, 11) is 0. The Morgan fingerprint density at radius 3 is 2.59 bits per heavy atom. The van der Waals surface area contributed by atoms with Crippen LogP contribution in [0.2, 0.25) is 0 Å². The molecule has 0 saturated carbocycles. The maximum Gasteiger partial charge on any atom is 0.344 e. The monoisotopic (exact) mass is 397 g/mol. The lowest BCUT2D eigenvalue weighted by Gasteiger charge is -2.26. The third-order valence-electron chi connectivity index (χ3n) is 4.54. The molecular formula is C22H23NO6. The van der Waals surface area contributed by atoms with Crippen LogP contribution in [-0.2, 0) is 20.9 Å². The second-order valence-corrected chi connectivity index (χ2v) is 6.64. The van der Waals surface area contributed by atoms with Gasteiger partial charge in [0.1, 0.15) is 17.8 Å². The van der Waals surface area contributed by atoms with Gasteiger partial charge >= 0.3 is 5.97 Å². The molecular weight excluding hydrogens is 374 g/mol. The summed E-state index contributed by atoms with van der Waals surface area (Å²) in [6.07, 6.45) is 8.19. The number of esters is 1. The Hall–Kier alpha value is -3.35. The molecule has 2 aromatic rings. The van der Waals surface area contributed by atoms with Crippen LogP contribution in [0.1, 0.15) is 41.8 Å². The third kappa shape index (κ3) is 6.07. The van der Waals surface area contributed by atoms with Crippen molar-refractivity contribution in [1.82, 2.24) is 4.90 Å². The van der Waals surface area contributed by atoms with Gasteiger partial charge in [-0.25, -0.2) is 4.79 Å². The first-order valence-electron chi connectivity index (χ1n) is 9.51. The summed E-state index contributed by atoms with van der Waals surface area (Å²) in [5.41, 5.74) is 1.44. The molecule has 0 saturated heterocycles. The molecule has 0 atom stereocenters. The zero-order valence-electron chi connectivity index (χ0n) is 16.0. The van der Waals surface area contributed by atoms with Gasteiger partial charge in [0.2, 0.25) is 0 Å². The zero-order valence-corrected chi connectivity index (χ0v) is 16.0. The fourth-order valence-electron chi connectivity index (χ4n) is 3.02. The highest BCUT2D eigenvalue weighted by atomic mass is 16.6. The Morgan fingerprint density at radius 1 is 1.10 bits per heavy atom. The van der Waals surface area contributed by atoms with Crippen molar-refractivity contribution in [3.63, 3.8) is 0 Å². The van der Waals surface area contributed by atoms with E-state index in [4.69, 9.17) is 13.9 Å². The number of carbonyl (C=O) groups excluding carboxylic acids is 3. The van der Waals surface area contributed by atoms with Crippen LogP contribution in [0, 0.1) is 0 Å². The molecule has 0 bridgehead atoms. The highest BCUT2D eigenvalue weighted by Crippen LogP contribution is 2.23. The number of amides is 1. The van der Waals surface area contributed by atoms with Crippen molar-refractivity contribution in [3.8, 4) is 5.75 Å². The molecule has 1 aliphatic carbocycles. The van der Waals surface area contributed by atoms with Crippen molar-refractivity contribution >= 4 is 18.2 Å². The normalized spacial score (nSPS) is 13.3. The number of nitrogens with zero attached hydrogens (tertiary/aromatic N) is 1. The Kier molecular flexibility index (Phi) is 7.22. The Labute approximate surface area is 168 Å². The molecule has 7 nitrogen and oxygen atoms in total. The fourth-order valence-corrected chi connectivity index (χ4v) is 3.02. The van der Waals surface area contributed by atoms with Crippen molar-refractivity contribution < 1.29 is 28.3 Å². The number of benzene rings is 1. The highest BCUT2D eigenvalue weighted by Gasteiger charge is 2.22. The highest BCUT2D eigenvalue weighted by molar-refractivity contribution is 5.82. The van der Waals surface area contributed by atoms with Crippen molar-refractivity contribution in [2.75, 3.05) is 13.2 Å². The third-order valence-corrected chi connectivity index (χ3v) is 4.54. The number of ether oxygens (including phenoxy) is 2. The van der Waals surface area contributed by atoms with Crippen LogP contribution in [0.5, 0.6) is 5.75 Å². The largest absolute Gasteiger partial charge is 0.482 e. The molecule has 1 heterocycles. The van der Waals surface area contributed by atoms with Crippen LogP contribution in [0.3, 0.4) is 0 Å². The molecule has 7 heteroatoms. The van der Waals surface area contributed by atoms with Crippen LogP contribution in [-0.4, -0.2) is 36.3 Å². The number of rotatable bonds is 9. The van der Waals surface area contributed by atoms with Gasteiger partial charge < -0.3 is 18.8 Å². The van der Waals surface area contributed by atoms with Gasteiger partial charge in [-0.15, -0.1) is 0 Å². The molecule has 0 unspecified atom stereocenters. The SMILES string of the molecule is O=Cc1ccc(OCC(=O)OCC(=O)N(Cc2ccco2)C2=CCCCC2)cc1. The zero-order chi connectivity index (χ0) is 20.5. The van der Waals surface area contributed by atoms with Crippen molar-refractivity contribution in [2.45, 2.75) is 32.2 Å². The maximum absolute atomic E-state index is 12.7. The van der Waals surface area contributed by atoms with E-state index in [1.165, 1.54) is 0 Å². The van der Waals surface area contributed by atoms with E-state index >= 15 is 0 Å². The lowest BCUT2D eigenvalue weighted by Crippen LogP contribution is -2.34. The van der Waals surface area contributed by atoms with E-state index < -0.39 is 5.97 Å².